The van der Waals surface area contributed by atoms with E-state index in [1.54, 1.807) is 14.0 Å². The fraction of sp³-hybridized carbons (Fsp3) is 0.524. The van der Waals surface area contributed by atoms with Crippen molar-refractivity contribution in [2.24, 2.45) is 10.9 Å². The van der Waals surface area contributed by atoms with Gasteiger partial charge >= 0.3 is 6.09 Å². The minimum atomic E-state index is -0.378. The summed E-state index contributed by atoms with van der Waals surface area (Å²) < 4.78 is 5.00. The van der Waals surface area contributed by atoms with E-state index in [-0.39, 0.29) is 36.1 Å². The molecule has 0 aliphatic heterocycles. The normalized spacial score (nSPS) is 12.4. The van der Waals surface area contributed by atoms with Crippen LogP contribution in [0.2, 0.25) is 0 Å². The molecule has 2 aromatic rings. The summed E-state index contributed by atoms with van der Waals surface area (Å²) in [6.07, 6.45) is 3.43. The molecule has 1 unspecified atom stereocenters. The van der Waals surface area contributed by atoms with Gasteiger partial charge in [-0.15, -0.1) is 24.0 Å². The van der Waals surface area contributed by atoms with Crippen molar-refractivity contribution in [2.75, 3.05) is 26.7 Å². The molecule has 1 heterocycles. The van der Waals surface area contributed by atoms with Crippen LogP contribution < -0.4 is 16.0 Å². The molecule has 0 bridgehead atoms. The Labute approximate surface area is 190 Å². The number of amides is 1. The molecule has 0 saturated heterocycles. The van der Waals surface area contributed by atoms with E-state index in [4.69, 9.17) is 4.74 Å². The molecule has 1 aromatic heterocycles. The molecule has 0 radical (unpaired) electrons. The summed E-state index contributed by atoms with van der Waals surface area (Å²) in [5.74, 6) is 1.19. The van der Waals surface area contributed by atoms with E-state index in [9.17, 15) is 4.79 Å². The van der Waals surface area contributed by atoms with Gasteiger partial charge in [0.05, 0.1) is 6.61 Å². The Hall–Kier alpha value is -1.97. The summed E-state index contributed by atoms with van der Waals surface area (Å²) >= 11 is 0. The first-order chi connectivity index (χ1) is 13.5. The summed E-state index contributed by atoms with van der Waals surface area (Å²) in [4.78, 5) is 19.3. The number of H-pyrrole nitrogens is 1. The number of guanidine groups is 1. The van der Waals surface area contributed by atoms with Crippen molar-refractivity contribution in [3.8, 4) is 0 Å². The number of hydrogen-bond acceptors (Lipinski definition) is 3. The highest BCUT2D eigenvalue weighted by atomic mass is 127. The topological polar surface area (TPSA) is 90.5 Å². The van der Waals surface area contributed by atoms with Gasteiger partial charge in [0.15, 0.2) is 5.96 Å². The van der Waals surface area contributed by atoms with Crippen LogP contribution in [0.4, 0.5) is 4.79 Å². The number of halogens is 1. The highest BCUT2D eigenvalue weighted by Gasteiger charge is 2.15. The molecule has 1 atom stereocenters. The van der Waals surface area contributed by atoms with Gasteiger partial charge in [0.25, 0.3) is 0 Å². The molecular weight excluding hydrogens is 481 g/mol. The van der Waals surface area contributed by atoms with Crippen LogP contribution in [0.25, 0.3) is 10.9 Å². The van der Waals surface area contributed by atoms with E-state index in [1.807, 2.05) is 6.07 Å². The number of para-hydroxylation sites is 1. The Morgan fingerprint density at radius 2 is 2.00 bits per heavy atom. The second-order valence-corrected chi connectivity index (χ2v) is 7.18. The van der Waals surface area contributed by atoms with Crippen LogP contribution in [0, 0.1) is 5.92 Å². The second-order valence-electron chi connectivity index (χ2n) is 7.18. The zero-order valence-corrected chi connectivity index (χ0v) is 20.1. The lowest BCUT2D eigenvalue weighted by Crippen LogP contribution is -2.48. The number of hydrogen-bond donors (Lipinski definition) is 4. The average Bonchev–Trinajstić information content (AvgIpc) is 3.07. The lowest BCUT2D eigenvalue weighted by Gasteiger charge is -2.22. The largest absolute Gasteiger partial charge is 0.450 e. The molecule has 0 spiro atoms. The number of fused-ring (bicyclic) bond motifs is 1. The number of ether oxygens (including phenoxy) is 1. The third-order valence-electron chi connectivity index (χ3n) is 4.45. The molecule has 7 nitrogen and oxygen atoms in total. The van der Waals surface area contributed by atoms with E-state index in [0.29, 0.717) is 19.1 Å². The predicted molar refractivity (Wildman–Crippen MR) is 130 cm³/mol. The van der Waals surface area contributed by atoms with Gasteiger partial charge in [-0.05, 0) is 37.3 Å². The lowest BCUT2D eigenvalue weighted by atomic mass is 10.0. The molecule has 162 valence electrons. The van der Waals surface area contributed by atoms with Crippen molar-refractivity contribution in [2.45, 2.75) is 39.7 Å². The maximum Gasteiger partial charge on any atom is 0.407 e. The lowest BCUT2D eigenvalue weighted by molar-refractivity contribution is 0.146. The van der Waals surface area contributed by atoms with E-state index in [0.717, 1.165) is 30.9 Å². The summed E-state index contributed by atoms with van der Waals surface area (Å²) in [6, 6.07) is 8.28. The summed E-state index contributed by atoms with van der Waals surface area (Å²) in [7, 11) is 1.75. The summed E-state index contributed by atoms with van der Waals surface area (Å²) in [6.45, 7) is 7.78. The van der Waals surface area contributed by atoms with E-state index < -0.39 is 0 Å². The third kappa shape index (κ3) is 8.51. The molecule has 0 saturated carbocycles. The number of rotatable bonds is 9. The molecule has 2 rings (SSSR count). The molecule has 0 aliphatic carbocycles. The van der Waals surface area contributed by atoms with Crippen LogP contribution in [-0.4, -0.2) is 49.8 Å². The van der Waals surface area contributed by atoms with Crippen LogP contribution in [0.1, 0.15) is 32.8 Å². The van der Waals surface area contributed by atoms with Gasteiger partial charge in [-0.1, -0.05) is 32.0 Å². The number of nitrogens with zero attached hydrogens (tertiary/aromatic N) is 1. The quantitative estimate of drug-likeness (QED) is 0.233. The molecule has 29 heavy (non-hydrogen) atoms. The number of nitrogens with one attached hydrogen (secondary N) is 4. The van der Waals surface area contributed by atoms with Gasteiger partial charge in [0.2, 0.25) is 0 Å². The Kier molecular flexibility index (Phi) is 11.5. The van der Waals surface area contributed by atoms with Crippen molar-refractivity contribution >= 4 is 46.9 Å². The number of aromatic amines is 1. The van der Waals surface area contributed by atoms with Gasteiger partial charge in [0, 0.05) is 43.3 Å². The minimum Gasteiger partial charge on any atom is -0.450 e. The first kappa shape index (κ1) is 25.1. The Morgan fingerprint density at radius 1 is 1.24 bits per heavy atom. The first-order valence-electron chi connectivity index (χ1n) is 9.96. The van der Waals surface area contributed by atoms with Gasteiger partial charge in [0.1, 0.15) is 0 Å². The van der Waals surface area contributed by atoms with Crippen LogP contribution in [0.15, 0.2) is 35.5 Å². The fourth-order valence-electron chi connectivity index (χ4n) is 3.20. The van der Waals surface area contributed by atoms with E-state index in [2.05, 4.69) is 64.2 Å². The van der Waals surface area contributed by atoms with Gasteiger partial charge < -0.3 is 25.7 Å². The zero-order chi connectivity index (χ0) is 20.4. The van der Waals surface area contributed by atoms with E-state index >= 15 is 0 Å². The highest BCUT2D eigenvalue weighted by molar-refractivity contribution is 14.0. The van der Waals surface area contributed by atoms with Crippen molar-refractivity contribution in [3.05, 3.63) is 36.0 Å². The van der Waals surface area contributed by atoms with Crippen molar-refractivity contribution in [1.82, 2.24) is 20.9 Å². The van der Waals surface area contributed by atoms with Gasteiger partial charge in [-0.3, -0.25) is 4.99 Å². The summed E-state index contributed by atoms with van der Waals surface area (Å²) in [5.41, 5.74) is 2.43. The number of carbonyl (C=O) groups excluding carboxylic acids is 1. The molecular formula is C21H34IN5O2. The highest BCUT2D eigenvalue weighted by Crippen LogP contribution is 2.17. The van der Waals surface area contributed by atoms with Crippen LogP contribution in [0.5, 0.6) is 0 Å². The van der Waals surface area contributed by atoms with E-state index in [1.165, 1.54) is 10.9 Å². The first-order valence-corrected chi connectivity index (χ1v) is 9.96. The number of aliphatic imine (C=N–C) groups is 1. The predicted octanol–water partition coefficient (Wildman–Crippen LogP) is 3.65. The van der Waals surface area contributed by atoms with Crippen molar-refractivity contribution < 1.29 is 9.53 Å². The maximum atomic E-state index is 11.7. The third-order valence-corrected chi connectivity index (χ3v) is 4.45. The molecule has 1 amide bonds. The molecule has 1 aromatic carbocycles. The van der Waals surface area contributed by atoms with Gasteiger partial charge in [-0.2, -0.15) is 0 Å². The zero-order valence-electron chi connectivity index (χ0n) is 17.7. The van der Waals surface area contributed by atoms with Crippen LogP contribution in [-0.2, 0) is 11.2 Å². The molecule has 8 heteroatoms. The monoisotopic (exact) mass is 515 g/mol. The Balaban J connectivity index is 0.00000420. The van der Waals surface area contributed by atoms with Crippen molar-refractivity contribution in [3.63, 3.8) is 0 Å². The number of carbonyl (C=O) groups is 1. The number of benzene rings is 1. The Bertz CT molecular complexity index is 775. The van der Waals surface area contributed by atoms with Crippen molar-refractivity contribution in [1.29, 1.82) is 0 Å². The fourth-order valence-corrected chi connectivity index (χ4v) is 3.20. The van der Waals surface area contributed by atoms with Crippen LogP contribution in [0.3, 0.4) is 0 Å². The van der Waals surface area contributed by atoms with Gasteiger partial charge in [-0.25, -0.2) is 4.79 Å². The standard InChI is InChI=1S/C21H33N5O2.HI/c1-5-28-21(27)26-17(12-15(2)3)14-25-20(22-4)23-11-10-16-13-24-19-9-7-6-8-18(16)19;/h6-9,13,15,17,24H,5,10-12,14H2,1-4H3,(H,26,27)(H2,22,23,25);1H. The number of aromatic nitrogens is 1. The molecule has 4 N–H and O–H groups in total. The molecule has 0 aliphatic rings. The number of alkyl carbamates (subject to hydrolysis) is 1. The average molecular weight is 515 g/mol. The SMILES string of the molecule is CCOC(=O)NC(CNC(=NC)NCCc1c[nH]c2ccccc12)CC(C)C.I. The molecule has 0 fully saturated rings. The maximum absolute atomic E-state index is 11.7. The smallest absolute Gasteiger partial charge is 0.407 e. The van der Waals surface area contributed by atoms with Crippen LogP contribution >= 0.6 is 24.0 Å². The minimum absolute atomic E-state index is 0. The Morgan fingerprint density at radius 3 is 2.69 bits per heavy atom. The second kappa shape index (κ2) is 13.3. The summed E-state index contributed by atoms with van der Waals surface area (Å²) in [5, 5.41) is 10.8.